The standard InChI is InChI=1S/C17H22N2O2S/c1-21-17-7-6-12(20)10-15(17)19(9-8-17)11-16-18-13-4-2-3-5-14(13)22-16/h2-5,12,15,20H,6-11H2,1H3/t12-,15-,17+/m0/s1. The summed E-state index contributed by atoms with van der Waals surface area (Å²) >= 11 is 1.77. The van der Waals surface area contributed by atoms with Gasteiger partial charge in [-0.15, -0.1) is 11.3 Å². The third kappa shape index (κ3) is 2.36. The van der Waals surface area contributed by atoms with Crippen LogP contribution in [0.4, 0.5) is 0 Å². The molecule has 1 aromatic heterocycles. The molecule has 2 fully saturated rings. The van der Waals surface area contributed by atoms with E-state index in [0.717, 1.165) is 49.3 Å². The monoisotopic (exact) mass is 318 g/mol. The van der Waals surface area contributed by atoms with Crippen LogP contribution in [0.2, 0.25) is 0 Å². The Morgan fingerprint density at radius 2 is 2.27 bits per heavy atom. The van der Waals surface area contributed by atoms with E-state index in [0.29, 0.717) is 6.04 Å². The average molecular weight is 318 g/mol. The molecule has 4 rings (SSSR count). The molecule has 5 heteroatoms. The molecule has 1 aliphatic carbocycles. The van der Waals surface area contributed by atoms with Crippen molar-refractivity contribution in [2.45, 2.75) is 50.0 Å². The molecule has 1 aliphatic heterocycles. The third-order valence-electron chi connectivity index (χ3n) is 5.35. The van der Waals surface area contributed by atoms with Crippen molar-refractivity contribution in [2.75, 3.05) is 13.7 Å². The van der Waals surface area contributed by atoms with Gasteiger partial charge < -0.3 is 9.84 Å². The minimum atomic E-state index is -0.191. The van der Waals surface area contributed by atoms with Crippen LogP contribution in [0.25, 0.3) is 10.2 Å². The molecule has 3 atom stereocenters. The van der Waals surface area contributed by atoms with Crippen LogP contribution in [0.1, 0.15) is 30.7 Å². The van der Waals surface area contributed by atoms with Gasteiger partial charge in [0, 0.05) is 19.7 Å². The Balaban J connectivity index is 1.57. The van der Waals surface area contributed by atoms with Crippen LogP contribution in [0.15, 0.2) is 24.3 Å². The molecule has 1 saturated carbocycles. The highest BCUT2D eigenvalue weighted by Gasteiger charge is 2.50. The molecule has 0 amide bonds. The van der Waals surface area contributed by atoms with Crippen LogP contribution in [0.3, 0.4) is 0 Å². The Morgan fingerprint density at radius 1 is 1.41 bits per heavy atom. The summed E-state index contributed by atoms with van der Waals surface area (Å²) in [6, 6.07) is 8.61. The van der Waals surface area contributed by atoms with Gasteiger partial charge in [0.2, 0.25) is 0 Å². The van der Waals surface area contributed by atoms with Crippen molar-refractivity contribution in [1.82, 2.24) is 9.88 Å². The van der Waals surface area contributed by atoms with Gasteiger partial charge in [-0.05, 0) is 37.8 Å². The summed E-state index contributed by atoms with van der Waals surface area (Å²) in [5.74, 6) is 0. The summed E-state index contributed by atoms with van der Waals surface area (Å²) in [4.78, 5) is 7.22. The van der Waals surface area contributed by atoms with E-state index in [9.17, 15) is 5.11 Å². The fraction of sp³-hybridized carbons (Fsp3) is 0.588. The molecule has 0 bridgehead atoms. The van der Waals surface area contributed by atoms with Crippen molar-refractivity contribution in [3.8, 4) is 0 Å². The minimum Gasteiger partial charge on any atom is -0.393 e. The summed E-state index contributed by atoms with van der Waals surface area (Å²) in [6.07, 6.45) is 3.51. The molecule has 4 nitrogen and oxygen atoms in total. The number of ether oxygens (including phenoxy) is 1. The van der Waals surface area contributed by atoms with Gasteiger partial charge in [-0.1, -0.05) is 12.1 Å². The largest absolute Gasteiger partial charge is 0.393 e. The van der Waals surface area contributed by atoms with Gasteiger partial charge in [-0.3, -0.25) is 4.90 Å². The van der Waals surface area contributed by atoms with Crippen LogP contribution in [0.5, 0.6) is 0 Å². The lowest BCUT2D eigenvalue weighted by atomic mass is 9.79. The Bertz CT molecular complexity index is 640. The molecule has 2 heterocycles. The number of fused-ring (bicyclic) bond motifs is 2. The first-order valence-electron chi connectivity index (χ1n) is 8.02. The first kappa shape index (κ1) is 14.6. The molecule has 1 saturated heterocycles. The summed E-state index contributed by atoms with van der Waals surface area (Å²) in [6.45, 7) is 1.89. The van der Waals surface area contributed by atoms with Crippen molar-refractivity contribution in [2.24, 2.45) is 0 Å². The molecule has 1 N–H and O–H groups in total. The number of hydrogen-bond donors (Lipinski definition) is 1. The summed E-state index contributed by atoms with van der Waals surface area (Å²) in [5.41, 5.74) is 1.03. The molecule has 0 unspecified atom stereocenters. The maximum atomic E-state index is 10.1. The average Bonchev–Trinajstić information content (AvgIpc) is 3.09. The molecule has 0 spiro atoms. The summed E-state index contributed by atoms with van der Waals surface area (Å²) < 4.78 is 7.16. The van der Waals surface area contributed by atoms with Crippen LogP contribution in [0, 0.1) is 0 Å². The zero-order valence-corrected chi connectivity index (χ0v) is 13.7. The quantitative estimate of drug-likeness (QED) is 0.945. The fourth-order valence-electron chi connectivity index (χ4n) is 4.12. The van der Waals surface area contributed by atoms with E-state index in [1.165, 1.54) is 4.70 Å². The number of benzene rings is 1. The minimum absolute atomic E-state index is 0.0596. The van der Waals surface area contributed by atoms with Gasteiger partial charge in [-0.25, -0.2) is 4.98 Å². The number of aromatic nitrogens is 1. The fourth-order valence-corrected chi connectivity index (χ4v) is 5.11. The lowest BCUT2D eigenvalue weighted by molar-refractivity contribution is -0.0879. The van der Waals surface area contributed by atoms with Gasteiger partial charge in [0.25, 0.3) is 0 Å². The maximum absolute atomic E-state index is 10.1. The van der Waals surface area contributed by atoms with Crippen LogP contribution < -0.4 is 0 Å². The lowest BCUT2D eigenvalue weighted by Crippen LogP contribution is -2.51. The SMILES string of the molecule is CO[C@@]12CC[C@H](O)C[C@@H]1N(Cc1nc3ccccc3s1)CC2. The maximum Gasteiger partial charge on any atom is 0.108 e. The predicted molar refractivity (Wildman–Crippen MR) is 88.0 cm³/mol. The predicted octanol–water partition coefficient (Wildman–Crippen LogP) is 2.80. The van der Waals surface area contributed by atoms with E-state index >= 15 is 0 Å². The van der Waals surface area contributed by atoms with Crippen molar-refractivity contribution < 1.29 is 9.84 Å². The van der Waals surface area contributed by atoms with E-state index in [1.807, 2.05) is 13.2 Å². The number of likely N-dealkylation sites (tertiary alicyclic amines) is 1. The zero-order chi connectivity index (χ0) is 15.2. The number of para-hydroxylation sites is 1. The highest BCUT2D eigenvalue weighted by atomic mass is 32.1. The lowest BCUT2D eigenvalue weighted by Gasteiger charge is -2.42. The number of aliphatic hydroxyl groups excluding tert-OH is 1. The molecule has 2 aromatic rings. The molecule has 2 aliphatic rings. The molecule has 1 aromatic carbocycles. The topological polar surface area (TPSA) is 45.6 Å². The summed E-state index contributed by atoms with van der Waals surface area (Å²) in [5, 5.41) is 11.2. The van der Waals surface area contributed by atoms with Crippen LogP contribution >= 0.6 is 11.3 Å². The second kappa shape index (κ2) is 5.57. The van der Waals surface area contributed by atoms with Crippen LogP contribution in [-0.4, -0.2) is 46.4 Å². The highest BCUT2D eigenvalue weighted by molar-refractivity contribution is 7.18. The van der Waals surface area contributed by atoms with Crippen molar-refractivity contribution >= 4 is 21.6 Å². The second-order valence-corrected chi connectivity index (χ2v) is 7.62. The van der Waals surface area contributed by atoms with E-state index in [-0.39, 0.29) is 11.7 Å². The second-order valence-electron chi connectivity index (χ2n) is 6.51. The smallest absolute Gasteiger partial charge is 0.108 e. The Labute approximate surface area is 134 Å². The van der Waals surface area contributed by atoms with Crippen molar-refractivity contribution in [3.63, 3.8) is 0 Å². The number of methoxy groups -OCH3 is 1. The number of hydrogen-bond acceptors (Lipinski definition) is 5. The highest BCUT2D eigenvalue weighted by Crippen LogP contribution is 2.43. The van der Waals surface area contributed by atoms with E-state index in [4.69, 9.17) is 9.72 Å². The zero-order valence-electron chi connectivity index (χ0n) is 12.9. The molecular formula is C17H22N2O2S. The normalized spacial score (nSPS) is 32.5. The molecule has 22 heavy (non-hydrogen) atoms. The van der Waals surface area contributed by atoms with Gasteiger partial charge >= 0.3 is 0 Å². The number of rotatable bonds is 3. The van der Waals surface area contributed by atoms with Crippen molar-refractivity contribution in [3.05, 3.63) is 29.3 Å². The van der Waals surface area contributed by atoms with Gasteiger partial charge in [0.05, 0.1) is 28.5 Å². The molecule has 0 radical (unpaired) electrons. The number of thiazole rings is 1. The van der Waals surface area contributed by atoms with Gasteiger partial charge in [0.1, 0.15) is 5.01 Å². The van der Waals surface area contributed by atoms with Gasteiger partial charge in [0.15, 0.2) is 0 Å². The Hall–Kier alpha value is -1.01. The number of aliphatic hydroxyl groups is 1. The van der Waals surface area contributed by atoms with E-state index in [2.05, 4.69) is 23.1 Å². The van der Waals surface area contributed by atoms with Crippen molar-refractivity contribution in [1.29, 1.82) is 0 Å². The molecular weight excluding hydrogens is 296 g/mol. The summed E-state index contributed by atoms with van der Waals surface area (Å²) in [7, 11) is 1.83. The third-order valence-corrected chi connectivity index (χ3v) is 6.37. The first-order chi connectivity index (χ1) is 10.7. The Kier molecular flexibility index (Phi) is 3.69. The van der Waals surface area contributed by atoms with E-state index < -0.39 is 0 Å². The first-order valence-corrected chi connectivity index (χ1v) is 8.83. The van der Waals surface area contributed by atoms with Gasteiger partial charge in [-0.2, -0.15) is 0 Å². The Morgan fingerprint density at radius 3 is 3.09 bits per heavy atom. The van der Waals surface area contributed by atoms with Crippen LogP contribution in [-0.2, 0) is 11.3 Å². The number of nitrogens with zero attached hydrogens (tertiary/aromatic N) is 2. The van der Waals surface area contributed by atoms with E-state index in [1.54, 1.807) is 11.3 Å². The molecule has 118 valence electrons.